The van der Waals surface area contributed by atoms with E-state index in [0.717, 1.165) is 30.2 Å². The number of amides is 1. The Kier molecular flexibility index (Phi) is 4.42. The van der Waals surface area contributed by atoms with E-state index < -0.39 is 0 Å². The zero-order valence-corrected chi connectivity index (χ0v) is 12.5. The van der Waals surface area contributed by atoms with Crippen LogP contribution in [0.3, 0.4) is 0 Å². The number of rotatable bonds is 3. The van der Waals surface area contributed by atoms with E-state index in [0.29, 0.717) is 13.0 Å². The topological polar surface area (TPSA) is 54.3 Å². The van der Waals surface area contributed by atoms with Gasteiger partial charge in [-0.05, 0) is 20.8 Å². The fraction of sp³-hybridized carbons (Fsp3) is 0.692. The molecule has 1 amide bonds. The Morgan fingerprint density at radius 3 is 2.79 bits per heavy atom. The molecule has 6 heteroatoms. The van der Waals surface area contributed by atoms with E-state index in [4.69, 9.17) is 0 Å². The first kappa shape index (κ1) is 14.3. The van der Waals surface area contributed by atoms with Crippen LogP contribution in [0.4, 0.5) is 0 Å². The minimum atomic E-state index is 0.0381. The molecule has 106 valence electrons. The van der Waals surface area contributed by atoms with Crippen LogP contribution in [0.5, 0.6) is 0 Å². The molecule has 2 rings (SSSR count). The Balaban J connectivity index is 1.98. The van der Waals surface area contributed by atoms with Crippen molar-refractivity contribution < 1.29 is 4.79 Å². The van der Waals surface area contributed by atoms with Crippen LogP contribution >= 0.6 is 11.3 Å². The molecule has 2 heterocycles. The Morgan fingerprint density at radius 1 is 1.47 bits per heavy atom. The first-order valence-corrected chi connectivity index (χ1v) is 7.49. The Bertz CT molecular complexity index is 520. The van der Waals surface area contributed by atoms with Gasteiger partial charge in [-0.1, -0.05) is 11.3 Å². The van der Waals surface area contributed by atoms with Crippen LogP contribution in [0, 0.1) is 13.8 Å². The zero-order chi connectivity index (χ0) is 14.0. The lowest BCUT2D eigenvalue weighted by Gasteiger charge is -2.34. The van der Waals surface area contributed by atoms with Crippen LogP contribution in [-0.4, -0.2) is 41.1 Å². The highest BCUT2D eigenvalue weighted by Crippen LogP contribution is 2.11. The van der Waals surface area contributed by atoms with E-state index >= 15 is 0 Å². The second-order valence-corrected chi connectivity index (χ2v) is 6.22. The third kappa shape index (κ3) is 3.06. The van der Waals surface area contributed by atoms with Crippen molar-refractivity contribution in [3.63, 3.8) is 0 Å². The summed E-state index contributed by atoms with van der Waals surface area (Å²) in [6.45, 7) is 8.88. The van der Waals surface area contributed by atoms with Crippen molar-refractivity contribution in [2.24, 2.45) is 0 Å². The molecule has 5 nitrogen and oxygen atoms in total. The highest BCUT2D eigenvalue weighted by atomic mass is 32.1. The number of aryl methyl sites for hydroxylation is 1. The first-order chi connectivity index (χ1) is 9.00. The third-order valence-corrected chi connectivity index (χ3v) is 4.74. The summed E-state index contributed by atoms with van der Waals surface area (Å²) in [6.07, 6.45) is 0.404. The monoisotopic (exact) mass is 283 g/mol. The fourth-order valence-electron chi connectivity index (χ4n) is 2.41. The van der Waals surface area contributed by atoms with E-state index in [1.807, 2.05) is 18.7 Å². The number of hydrogen-bond donors (Lipinski definition) is 1. The van der Waals surface area contributed by atoms with E-state index in [-0.39, 0.29) is 16.8 Å². The van der Waals surface area contributed by atoms with Gasteiger partial charge in [0.25, 0.3) is 0 Å². The van der Waals surface area contributed by atoms with Gasteiger partial charge >= 0.3 is 4.87 Å². The van der Waals surface area contributed by atoms with Crippen LogP contribution in [0.2, 0.25) is 0 Å². The minimum Gasteiger partial charge on any atom is -0.337 e. The molecule has 0 spiro atoms. The van der Waals surface area contributed by atoms with Crippen molar-refractivity contribution in [2.75, 3.05) is 19.6 Å². The molecule has 1 aromatic heterocycles. The second kappa shape index (κ2) is 5.88. The van der Waals surface area contributed by atoms with Crippen molar-refractivity contribution in [3.8, 4) is 0 Å². The standard InChI is InChI=1S/C13H21N3O2S/c1-9-8-14-5-7-15(9)12(17)4-6-16-10(2)11(3)19-13(16)18/h9,14H,4-8H2,1-3H3/t9-/m0/s1. The predicted molar refractivity (Wildman–Crippen MR) is 76.7 cm³/mol. The second-order valence-electron chi connectivity index (χ2n) is 5.05. The van der Waals surface area contributed by atoms with Gasteiger partial charge in [0.15, 0.2) is 0 Å². The summed E-state index contributed by atoms with van der Waals surface area (Å²) >= 11 is 1.26. The molecule has 0 radical (unpaired) electrons. The van der Waals surface area contributed by atoms with E-state index in [9.17, 15) is 9.59 Å². The minimum absolute atomic E-state index is 0.0381. The molecule has 1 aliphatic heterocycles. The molecular weight excluding hydrogens is 262 g/mol. The molecule has 0 aromatic carbocycles. The maximum Gasteiger partial charge on any atom is 0.307 e. The van der Waals surface area contributed by atoms with Gasteiger partial charge < -0.3 is 14.8 Å². The fourth-order valence-corrected chi connectivity index (χ4v) is 3.27. The SMILES string of the molecule is Cc1sc(=O)n(CCC(=O)N2CCNC[C@@H]2C)c1C. The molecular formula is C13H21N3O2S. The quantitative estimate of drug-likeness (QED) is 0.890. The van der Waals surface area contributed by atoms with Gasteiger partial charge in [-0.3, -0.25) is 9.59 Å². The molecule has 0 saturated carbocycles. The molecule has 1 aromatic rings. The van der Waals surface area contributed by atoms with Gasteiger partial charge in [-0.2, -0.15) is 0 Å². The van der Waals surface area contributed by atoms with Crippen molar-refractivity contribution in [1.82, 2.24) is 14.8 Å². The molecule has 19 heavy (non-hydrogen) atoms. The third-order valence-electron chi connectivity index (χ3n) is 3.75. The number of aromatic nitrogens is 1. The Hall–Kier alpha value is -1.14. The van der Waals surface area contributed by atoms with Crippen molar-refractivity contribution >= 4 is 17.2 Å². The van der Waals surface area contributed by atoms with Crippen molar-refractivity contribution in [2.45, 2.75) is 39.8 Å². The summed E-state index contributed by atoms with van der Waals surface area (Å²) in [6, 6.07) is 0.239. The van der Waals surface area contributed by atoms with Gasteiger partial charge in [0, 0.05) is 49.2 Å². The van der Waals surface area contributed by atoms with Gasteiger partial charge in [-0.25, -0.2) is 0 Å². The van der Waals surface area contributed by atoms with Crippen LogP contribution in [-0.2, 0) is 11.3 Å². The van der Waals surface area contributed by atoms with Gasteiger partial charge in [0.05, 0.1) is 0 Å². The molecule has 1 atom stereocenters. The predicted octanol–water partition coefficient (Wildman–Crippen LogP) is 0.737. The zero-order valence-electron chi connectivity index (χ0n) is 11.7. The van der Waals surface area contributed by atoms with E-state index in [1.54, 1.807) is 4.57 Å². The Labute approximate surface area is 117 Å². The molecule has 1 saturated heterocycles. The van der Waals surface area contributed by atoms with Crippen LogP contribution in [0.15, 0.2) is 4.79 Å². The lowest BCUT2D eigenvalue weighted by atomic mass is 10.2. The number of nitrogens with one attached hydrogen (secondary N) is 1. The first-order valence-electron chi connectivity index (χ1n) is 6.67. The number of thiazole rings is 1. The van der Waals surface area contributed by atoms with E-state index in [2.05, 4.69) is 12.2 Å². The molecule has 0 unspecified atom stereocenters. The number of nitrogens with zero attached hydrogens (tertiary/aromatic N) is 2. The smallest absolute Gasteiger partial charge is 0.307 e. The van der Waals surface area contributed by atoms with Crippen LogP contribution in [0.1, 0.15) is 23.9 Å². The van der Waals surface area contributed by atoms with E-state index in [1.165, 1.54) is 11.3 Å². The molecule has 0 bridgehead atoms. The highest BCUT2D eigenvalue weighted by molar-refractivity contribution is 7.09. The summed E-state index contributed by atoms with van der Waals surface area (Å²) in [4.78, 5) is 26.9. The summed E-state index contributed by atoms with van der Waals surface area (Å²) in [7, 11) is 0. The number of piperazine rings is 1. The summed E-state index contributed by atoms with van der Waals surface area (Å²) in [5.41, 5.74) is 0.983. The highest BCUT2D eigenvalue weighted by Gasteiger charge is 2.22. The summed E-state index contributed by atoms with van der Waals surface area (Å²) in [5, 5.41) is 3.27. The molecule has 1 fully saturated rings. The molecule has 1 aliphatic rings. The van der Waals surface area contributed by atoms with Gasteiger partial charge in [0.1, 0.15) is 0 Å². The lowest BCUT2D eigenvalue weighted by Crippen LogP contribution is -2.52. The van der Waals surface area contributed by atoms with Crippen LogP contribution in [0.25, 0.3) is 0 Å². The van der Waals surface area contributed by atoms with Crippen molar-refractivity contribution in [1.29, 1.82) is 0 Å². The number of carbonyl (C=O) groups excluding carboxylic acids is 1. The van der Waals surface area contributed by atoms with Crippen molar-refractivity contribution in [3.05, 3.63) is 20.2 Å². The van der Waals surface area contributed by atoms with Gasteiger partial charge in [-0.15, -0.1) is 0 Å². The average Bonchev–Trinajstić information content (AvgIpc) is 2.61. The average molecular weight is 283 g/mol. The maximum atomic E-state index is 12.2. The summed E-state index contributed by atoms with van der Waals surface area (Å²) in [5.74, 6) is 0.143. The summed E-state index contributed by atoms with van der Waals surface area (Å²) < 4.78 is 1.71. The normalized spacial score (nSPS) is 19.7. The molecule has 1 N–H and O–H groups in total. The van der Waals surface area contributed by atoms with Crippen LogP contribution < -0.4 is 10.2 Å². The number of hydrogen-bond acceptors (Lipinski definition) is 4. The lowest BCUT2D eigenvalue weighted by molar-refractivity contribution is -0.134. The molecule has 0 aliphatic carbocycles. The largest absolute Gasteiger partial charge is 0.337 e. The Morgan fingerprint density at radius 2 is 2.21 bits per heavy atom. The number of carbonyl (C=O) groups is 1. The van der Waals surface area contributed by atoms with Gasteiger partial charge in [0.2, 0.25) is 5.91 Å². The maximum absolute atomic E-state index is 12.2.